The third-order valence-electron chi connectivity index (χ3n) is 10.2. The normalized spacial score (nSPS) is 23.5. The first kappa shape index (κ1) is 30.9. The van der Waals surface area contributed by atoms with Crippen molar-refractivity contribution in [3.63, 3.8) is 0 Å². The largest absolute Gasteiger partial charge is 0.496 e. The topological polar surface area (TPSA) is 129 Å². The number of ether oxygens (including phenoxy) is 2. The molecular formula is C34H40N4O7S. The molecule has 3 aliphatic rings. The molecule has 3 unspecified atom stereocenters. The predicted molar refractivity (Wildman–Crippen MR) is 173 cm³/mol. The molecule has 1 N–H and O–H groups in total. The molecule has 11 nitrogen and oxygen atoms in total. The highest BCUT2D eigenvalue weighted by Gasteiger charge is 2.43. The molecule has 0 spiro atoms. The summed E-state index contributed by atoms with van der Waals surface area (Å²) in [6.45, 7) is 6.39. The Labute approximate surface area is 270 Å². The Balaban J connectivity index is 1.39. The van der Waals surface area contributed by atoms with E-state index in [0.29, 0.717) is 57.2 Å². The number of benzene rings is 1. The van der Waals surface area contributed by atoms with Gasteiger partial charge >= 0.3 is 5.69 Å². The van der Waals surface area contributed by atoms with Gasteiger partial charge in [0.1, 0.15) is 28.5 Å². The van der Waals surface area contributed by atoms with Crippen LogP contribution in [0.1, 0.15) is 63.2 Å². The van der Waals surface area contributed by atoms with Crippen molar-refractivity contribution in [2.75, 3.05) is 20.2 Å². The summed E-state index contributed by atoms with van der Waals surface area (Å²) in [7, 11) is 1.61. The van der Waals surface area contributed by atoms with Gasteiger partial charge in [-0.15, -0.1) is 11.3 Å². The summed E-state index contributed by atoms with van der Waals surface area (Å²) >= 11 is 1.27. The number of para-hydroxylation sites is 1. The van der Waals surface area contributed by atoms with Gasteiger partial charge in [0.25, 0.3) is 5.56 Å². The Morgan fingerprint density at radius 1 is 1.15 bits per heavy atom. The van der Waals surface area contributed by atoms with Crippen molar-refractivity contribution in [1.29, 1.82) is 0 Å². The summed E-state index contributed by atoms with van der Waals surface area (Å²) in [6, 6.07) is 7.62. The lowest BCUT2D eigenvalue weighted by Crippen LogP contribution is -2.59. The predicted octanol–water partition coefficient (Wildman–Crippen LogP) is 4.47. The van der Waals surface area contributed by atoms with Crippen molar-refractivity contribution < 1.29 is 23.8 Å². The molecule has 46 heavy (non-hydrogen) atoms. The van der Waals surface area contributed by atoms with Crippen LogP contribution in [0.2, 0.25) is 0 Å². The van der Waals surface area contributed by atoms with Gasteiger partial charge in [-0.1, -0.05) is 18.2 Å². The van der Waals surface area contributed by atoms with Crippen LogP contribution in [0, 0.1) is 18.8 Å². The molecule has 3 aromatic heterocycles. The van der Waals surface area contributed by atoms with E-state index in [1.165, 1.54) is 17.6 Å². The molecule has 0 radical (unpaired) electrons. The van der Waals surface area contributed by atoms with Crippen LogP contribution < -0.4 is 16.0 Å². The summed E-state index contributed by atoms with van der Waals surface area (Å²) < 4.78 is 21.0. The van der Waals surface area contributed by atoms with Crippen molar-refractivity contribution >= 4 is 27.5 Å². The third kappa shape index (κ3) is 5.10. The number of aliphatic hydroxyl groups is 1. The average molecular weight is 649 g/mol. The van der Waals surface area contributed by atoms with Gasteiger partial charge in [0.05, 0.1) is 42.3 Å². The molecule has 1 aromatic carbocycles. The Morgan fingerprint density at radius 2 is 1.87 bits per heavy atom. The van der Waals surface area contributed by atoms with Gasteiger partial charge < -0.3 is 23.9 Å². The van der Waals surface area contributed by atoms with E-state index in [1.807, 2.05) is 31.2 Å². The fourth-order valence-corrected chi connectivity index (χ4v) is 8.97. The van der Waals surface area contributed by atoms with Gasteiger partial charge in [0, 0.05) is 18.7 Å². The lowest BCUT2D eigenvalue weighted by molar-refractivity contribution is -0.143. The van der Waals surface area contributed by atoms with Crippen LogP contribution in [0.15, 0.2) is 50.7 Å². The number of nitrogens with zero attached hydrogens (tertiary/aromatic N) is 4. The molecule has 4 heterocycles. The molecule has 1 saturated heterocycles. The molecule has 2 saturated carbocycles. The third-order valence-corrected chi connectivity index (χ3v) is 11.5. The molecule has 4 aromatic rings. The van der Waals surface area contributed by atoms with Crippen LogP contribution in [0.5, 0.6) is 5.75 Å². The van der Waals surface area contributed by atoms with Crippen LogP contribution >= 0.6 is 11.3 Å². The van der Waals surface area contributed by atoms with E-state index in [4.69, 9.17) is 13.9 Å². The number of likely N-dealkylation sites (tertiary alicyclic amines) is 1. The van der Waals surface area contributed by atoms with Crippen LogP contribution in [0.25, 0.3) is 21.0 Å². The van der Waals surface area contributed by atoms with Gasteiger partial charge in [-0.3, -0.25) is 14.2 Å². The van der Waals surface area contributed by atoms with Crippen molar-refractivity contribution in [3.05, 3.63) is 68.7 Å². The number of aliphatic hydroxyl groups excluding tert-OH is 1. The first-order valence-electron chi connectivity index (χ1n) is 16.0. The zero-order valence-electron chi connectivity index (χ0n) is 26.6. The summed E-state index contributed by atoms with van der Waals surface area (Å²) in [6.07, 6.45) is 6.23. The maximum absolute atomic E-state index is 14.7. The van der Waals surface area contributed by atoms with Gasteiger partial charge in [-0.25, -0.2) is 14.3 Å². The highest BCUT2D eigenvalue weighted by molar-refractivity contribution is 7.22. The van der Waals surface area contributed by atoms with E-state index in [2.05, 4.69) is 4.98 Å². The van der Waals surface area contributed by atoms with Gasteiger partial charge in [0.2, 0.25) is 11.8 Å². The van der Waals surface area contributed by atoms with Crippen molar-refractivity contribution in [2.24, 2.45) is 11.8 Å². The van der Waals surface area contributed by atoms with Crippen LogP contribution in [0.3, 0.4) is 0 Å². The SMILES string of the molecule is COc1ccccc1C(Cn1c(=O)n(C(C)(C)C(=O)N2CCC2)c(=O)c2c(C)c(-c3ncco3)sc21)OC1C[C@H]2CC(O)C[C@H]2C1. The molecule has 244 valence electrons. The number of hydrogen-bond donors (Lipinski definition) is 1. The quantitative estimate of drug-likeness (QED) is 0.282. The minimum Gasteiger partial charge on any atom is -0.496 e. The number of thiophene rings is 1. The van der Waals surface area contributed by atoms with Crippen LogP contribution in [0.4, 0.5) is 0 Å². The standard InChI is InChI=1S/C34H40N4O7S/c1-19-27-30(40)38(34(2,3)32(41)36-11-7-12-36)33(42)37(31(27)46-28(19)29-35-10-13-44-29)18-26(24-8-5-6-9-25(24)43-4)45-23-16-20-14-22(39)15-21(20)17-23/h5-6,8-10,13,20-23,26,39H,7,11-12,14-18H2,1-4H3/t20-,21+,22?,23?,26?. The van der Waals surface area contributed by atoms with Crippen molar-refractivity contribution in [3.8, 4) is 16.5 Å². The summed E-state index contributed by atoms with van der Waals surface area (Å²) in [5, 5.41) is 10.6. The zero-order chi connectivity index (χ0) is 32.3. The second-order valence-corrected chi connectivity index (χ2v) is 14.4. The second-order valence-electron chi connectivity index (χ2n) is 13.4. The Bertz CT molecular complexity index is 1870. The number of aryl methyl sites for hydroxylation is 1. The highest BCUT2D eigenvalue weighted by Crippen LogP contribution is 2.47. The highest BCUT2D eigenvalue weighted by atomic mass is 32.1. The average Bonchev–Trinajstić information content (AvgIpc) is 3.78. The van der Waals surface area contributed by atoms with Gasteiger partial charge in [0.15, 0.2) is 0 Å². The fourth-order valence-electron chi connectivity index (χ4n) is 7.73. The molecule has 3 fully saturated rings. The monoisotopic (exact) mass is 648 g/mol. The van der Waals surface area contributed by atoms with E-state index in [-0.39, 0.29) is 24.7 Å². The molecular weight excluding hydrogens is 608 g/mol. The fraction of sp³-hybridized carbons (Fsp3) is 0.529. The molecule has 1 amide bonds. The maximum atomic E-state index is 14.7. The first-order valence-corrected chi connectivity index (χ1v) is 16.8. The Kier molecular flexibility index (Phi) is 7.93. The number of rotatable bonds is 9. The van der Waals surface area contributed by atoms with Crippen molar-refractivity contribution in [1.82, 2.24) is 19.0 Å². The number of hydrogen-bond acceptors (Lipinski definition) is 9. The Hall–Kier alpha value is -3.74. The molecule has 5 atom stereocenters. The molecule has 2 aliphatic carbocycles. The maximum Gasteiger partial charge on any atom is 0.333 e. The molecule has 7 rings (SSSR count). The lowest BCUT2D eigenvalue weighted by Gasteiger charge is -2.38. The van der Waals surface area contributed by atoms with E-state index >= 15 is 0 Å². The second kappa shape index (κ2) is 11.8. The number of carbonyl (C=O) groups is 1. The van der Waals surface area contributed by atoms with Crippen LogP contribution in [-0.2, 0) is 21.6 Å². The number of aromatic nitrogens is 3. The summed E-state index contributed by atoms with van der Waals surface area (Å²) in [5.41, 5.74) is -1.09. The van der Waals surface area contributed by atoms with E-state index in [1.54, 1.807) is 36.6 Å². The number of fused-ring (bicyclic) bond motifs is 2. The van der Waals surface area contributed by atoms with Crippen LogP contribution in [-0.4, -0.2) is 62.4 Å². The minimum atomic E-state index is -1.42. The molecule has 1 aliphatic heterocycles. The number of oxazole rings is 1. The first-order chi connectivity index (χ1) is 22.1. The van der Waals surface area contributed by atoms with E-state index < -0.39 is 22.9 Å². The van der Waals surface area contributed by atoms with E-state index in [9.17, 15) is 19.5 Å². The van der Waals surface area contributed by atoms with Crippen molar-refractivity contribution in [2.45, 2.75) is 83.3 Å². The minimum absolute atomic E-state index is 0.0631. The summed E-state index contributed by atoms with van der Waals surface area (Å²) in [4.78, 5) is 49.8. The Morgan fingerprint density at radius 3 is 2.50 bits per heavy atom. The summed E-state index contributed by atoms with van der Waals surface area (Å²) in [5.74, 6) is 1.55. The smallest absolute Gasteiger partial charge is 0.333 e. The van der Waals surface area contributed by atoms with E-state index in [0.717, 1.165) is 42.2 Å². The molecule has 12 heteroatoms. The van der Waals surface area contributed by atoms with Gasteiger partial charge in [-0.2, -0.15) is 0 Å². The zero-order valence-corrected chi connectivity index (χ0v) is 27.4. The van der Waals surface area contributed by atoms with Gasteiger partial charge in [-0.05, 0) is 76.3 Å². The number of methoxy groups -OCH3 is 1. The number of carbonyl (C=O) groups excluding carboxylic acids is 1. The lowest BCUT2D eigenvalue weighted by atomic mass is 10.00. The molecule has 0 bridgehead atoms. The number of amides is 1.